The Labute approximate surface area is 792 Å². The highest BCUT2D eigenvalue weighted by molar-refractivity contribution is 5.93. The molecule has 0 saturated heterocycles. The van der Waals surface area contributed by atoms with Gasteiger partial charge in [-0.25, -0.2) is 0 Å². The molecule has 14 unspecified atom stereocenters. The zero-order valence-corrected chi connectivity index (χ0v) is 75.7. The summed E-state index contributed by atoms with van der Waals surface area (Å²) in [5, 5.41) is 21.9. The largest absolute Gasteiger partial charge is 0.379 e. The van der Waals surface area contributed by atoms with Gasteiger partial charge in [0.15, 0.2) is 28.9 Å². The number of nitrogens with one attached hydrogen (secondary N) is 7. The van der Waals surface area contributed by atoms with E-state index < -0.39 is 24.0 Å². The molecule has 0 bridgehead atoms. The number of amides is 2. The summed E-state index contributed by atoms with van der Waals surface area (Å²) in [6.45, 7) is 66.7. The molecule has 0 aromatic rings. The first kappa shape index (κ1) is 163. The summed E-state index contributed by atoms with van der Waals surface area (Å²) in [6.07, 6.45) is 15.6. The minimum atomic E-state index is -0.859. The standard InChI is InChI=1S/C34H62O4.C30H53N3O6.C14H30N2O.C12H26N2O.17CH4/c1-20(2)35-19-24(9)27-12-13-28-32-29(18-31(34(27,28)11)38-23(7)8)33(10)15-14-26(36-21(3)4)16-25(33)17-30(32)37-22(5)6;1-17(2)25(34)14-11-23(29(38)19(5)6)32-27(36)16-13-24(30(39)20(7)8)33-26(35)15-12-22(31-21(9)10)28(37)18(3)4;1-10(2)14(17)13(16-12(5)6)8-7-9-15-11(3)4;1-9(2)12(15)11(14-10(3)4)7-6-8-13-5;;;;;;;;;;;;;;;;;/h20-32H,12-19H2,1-11H3;17-24,31H,11-16H2,1-10H3,(H,32,36)(H,33,35);10-13,15-16H,7-9H2,1-6H3;9-11,13-14H,6-8H2,1-5H3;17*1H4/t24-,25?,26?,27?,28?,29?,30?,31?,32?,33?,34?;;;11-;;;;;;;;;;;;;;;;;/m1..0................./s1. The molecule has 0 radical (unpaired) electrons. The van der Waals surface area contributed by atoms with E-state index >= 15 is 0 Å². The third kappa shape index (κ3) is 57.2. The molecule has 16 atom stereocenters. The minimum absolute atomic E-state index is 0. The highest BCUT2D eigenvalue weighted by atomic mass is 16.5. The van der Waals surface area contributed by atoms with E-state index in [1.54, 1.807) is 41.5 Å². The van der Waals surface area contributed by atoms with Crippen molar-refractivity contribution < 1.29 is 57.3 Å². The Balaban J connectivity index is -0.0000000854. The van der Waals surface area contributed by atoms with Gasteiger partial charge in [-0.3, -0.25) is 38.4 Å². The average Bonchev–Trinajstić information content (AvgIpc) is 1.41. The van der Waals surface area contributed by atoms with Crippen LogP contribution in [-0.2, 0) is 57.3 Å². The molecule has 4 saturated carbocycles. The van der Waals surface area contributed by atoms with Crippen LogP contribution in [0, 0.1) is 81.8 Å². The van der Waals surface area contributed by atoms with Crippen LogP contribution in [0.3, 0.4) is 0 Å². The third-order valence-electron chi connectivity index (χ3n) is 23.1. The molecule has 4 fully saturated rings. The van der Waals surface area contributed by atoms with Crippen molar-refractivity contribution in [2.45, 2.75) is 547 Å². The number of rotatable bonds is 47. The van der Waals surface area contributed by atoms with E-state index in [0.29, 0.717) is 101 Å². The number of Topliss-reactive ketones (excluding diaryl/α,β-unsaturated/α-hetero) is 6. The fourth-order valence-corrected chi connectivity index (χ4v) is 17.6. The first-order valence-corrected chi connectivity index (χ1v) is 43.6. The van der Waals surface area contributed by atoms with E-state index in [9.17, 15) is 38.4 Å². The number of carbonyl (C=O) groups excluding carboxylic acids is 8. The highest BCUT2D eigenvalue weighted by Gasteiger charge is 2.67. The Bertz CT molecular complexity index is 2640. The fourth-order valence-electron chi connectivity index (χ4n) is 17.6. The van der Waals surface area contributed by atoms with Crippen molar-refractivity contribution in [1.29, 1.82) is 0 Å². The molecular weight excluding hydrogens is 1580 g/mol. The van der Waals surface area contributed by atoms with Crippen LogP contribution < -0.4 is 37.2 Å². The minimum Gasteiger partial charge on any atom is -0.379 e. The molecule has 7 N–H and O–H groups in total. The van der Waals surface area contributed by atoms with E-state index in [4.69, 9.17) is 18.9 Å². The Kier molecular flexibility index (Phi) is 105. The van der Waals surface area contributed by atoms with E-state index in [1.807, 2.05) is 62.4 Å². The van der Waals surface area contributed by atoms with E-state index in [0.717, 1.165) is 45.4 Å². The Morgan fingerprint density at radius 3 is 1.06 bits per heavy atom. The second-order valence-corrected chi connectivity index (χ2v) is 37.7. The first-order chi connectivity index (χ1) is 50.6. The molecule has 0 aromatic carbocycles. The molecule has 4 aliphatic carbocycles. The van der Waals surface area contributed by atoms with Crippen molar-refractivity contribution in [3.63, 3.8) is 0 Å². The second kappa shape index (κ2) is 81.2. The van der Waals surface area contributed by atoms with Gasteiger partial charge in [0.2, 0.25) is 11.8 Å². The molecule has 4 rings (SSSR count). The topological polar surface area (TPSA) is 258 Å². The maximum atomic E-state index is 12.8. The van der Waals surface area contributed by atoms with Crippen molar-refractivity contribution in [3.05, 3.63) is 0 Å². The van der Waals surface area contributed by atoms with E-state index in [1.165, 1.54) is 44.9 Å². The van der Waals surface area contributed by atoms with Gasteiger partial charge < -0.3 is 56.2 Å². The summed E-state index contributed by atoms with van der Waals surface area (Å²) in [6, 6.07) is -0.730. The van der Waals surface area contributed by atoms with Gasteiger partial charge in [-0.1, -0.05) is 285 Å². The third-order valence-corrected chi connectivity index (χ3v) is 23.1. The van der Waals surface area contributed by atoms with E-state index in [2.05, 4.69) is 155 Å². The monoisotopic (exact) mass is 1810 g/mol. The SMILES string of the molecule is C.C.C.C.C.C.C.C.C.C.C.C.C.C.C.C.C.CC(C)NC(CCC(=O)NC(CCC(=O)NC(CCC(=O)C(C)C)C(=O)C(C)C)C(=O)C(C)C)C(=O)C(C)C.CC(C)NCCCC(NC(C)C)C(=O)C(C)C.CC(C)OC[C@@H](C)C1CCC2C3C(OC(C)C)CC4CC(OC(C)C)CCC4(C)C3CC(OC(C)C)C21C.CNCCC[C@H](NC(C)C)C(=O)C(C)C. The molecule has 19 heteroatoms. The Morgan fingerprint density at radius 2 is 0.722 bits per heavy atom. The summed E-state index contributed by atoms with van der Waals surface area (Å²) in [5.41, 5.74) is 0.521. The maximum absolute atomic E-state index is 12.8. The lowest BCUT2D eigenvalue weighted by Crippen LogP contribution is -2.63. The predicted molar refractivity (Wildman–Crippen MR) is 563 cm³/mol. The first-order valence-electron chi connectivity index (χ1n) is 43.6. The van der Waals surface area contributed by atoms with Gasteiger partial charge >= 0.3 is 0 Å². The quantitative estimate of drug-likeness (QED) is 0.0280. The smallest absolute Gasteiger partial charge is 0.220 e. The lowest BCUT2D eigenvalue weighted by molar-refractivity contribution is -0.238. The van der Waals surface area contributed by atoms with Gasteiger partial charge in [0.05, 0.1) is 72.9 Å². The number of ether oxygens (including phenoxy) is 4. The van der Waals surface area contributed by atoms with Crippen molar-refractivity contribution in [3.8, 4) is 0 Å². The van der Waals surface area contributed by atoms with Crippen molar-refractivity contribution in [2.75, 3.05) is 26.7 Å². The van der Waals surface area contributed by atoms with Gasteiger partial charge in [-0.05, 0) is 206 Å². The zero-order chi connectivity index (χ0) is 83.7. The molecule has 0 heterocycles. The van der Waals surface area contributed by atoms with Crippen LogP contribution in [0.15, 0.2) is 0 Å². The normalized spacial score (nSPS) is 21.1. The fraction of sp³-hybridized carbons (Fsp3) is 0.925. The maximum Gasteiger partial charge on any atom is 0.220 e. The van der Waals surface area contributed by atoms with Gasteiger partial charge in [0.25, 0.3) is 0 Å². The molecule has 126 heavy (non-hydrogen) atoms. The van der Waals surface area contributed by atoms with Crippen LogP contribution in [0.2, 0.25) is 0 Å². The number of hydrogen-bond acceptors (Lipinski definition) is 17. The molecule has 0 aliphatic heterocycles. The van der Waals surface area contributed by atoms with Crippen LogP contribution in [0.5, 0.6) is 0 Å². The summed E-state index contributed by atoms with van der Waals surface area (Å²) in [7, 11) is 1.94. The summed E-state index contributed by atoms with van der Waals surface area (Å²) >= 11 is 0. The summed E-state index contributed by atoms with van der Waals surface area (Å²) in [5.74, 6) is 2.65. The van der Waals surface area contributed by atoms with Crippen molar-refractivity contribution >= 4 is 46.5 Å². The van der Waals surface area contributed by atoms with Crippen LogP contribution in [-0.4, -0.2) is 170 Å². The molecular formula is C107H239N7O12. The number of ketones is 6. The molecule has 19 nitrogen and oxygen atoms in total. The lowest BCUT2D eigenvalue weighted by Gasteiger charge is -2.65. The van der Waals surface area contributed by atoms with Crippen LogP contribution >= 0.6 is 0 Å². The van der Waals surface area contributed by atoms with Crippen molar-refractivity contribution in [1.82, 2.24) is 37.2 Å². The molecule has 0 aromatic heterocycles. The molecule has 0 spiro atoms. The number of carbonyl (C=O) groups is 8. The van der Waals surface area contributed by atoms with Crippen LogP contribution in [0.4, 0.5) is 0 Å². The Hall–Kier alpha value is -3.40. The molecule has 774 valence electrons. The average molecular weight is 1820 g/mol. The number of fused-ring (bicyclic) bond motifs is 5. The highest BCUT2D eigenvalue weighted by Crippen LogP contribution is 2.69. The number of hydrogen-bond donors (Lipinski definition) is 7. The van der Waals surface area contributed by atoms with Crippen LogP contribution in [0.1, 0.15) is 450 Å². The Morgan fingerprint density at radius 1 is 0.365 bits per heavy atom. The lowest BCUT2D eigenvalue weighted by atomic mass is 9.43. The summed E-state index contributed by atoms with van der Waals surface area (Å²) < 4.78 is 26.5. The van der Waals surface area contributed by atoms with E-state index in [-0.39, 0.29) is 265 Å². The predicted octanol–water partition coefficient (Wildman–Crippen LogP) is 26.6. The van der Waals surface area contributed by atoms with Gasteiger partial charge in [0.1, 0.15) is 5.78 Å². The van der Waals surface area contributed by atoms with Gasteiger partial charge in [-0.15, -0.1) is 0 Å². The van der Waals surface area contributed by atoms with Gasteiger partial charge in [-0.2, -0.15) is 0 Å². The zero-order valence-electron chi connectivity index (χ0n) is 75.7. The van der Waals surface area contributed by atoms with Gasteiger partial charge in [0, 0.05) is 91.0 Å². The second-order valence-electron chi connectivity index (χ2n) is 37.7. The molecule has 2 amide bonds. The summed E-state index contributed by atoms with van der Waals surface area (Å²) in [4.78, 5) is 99.6. The van der Waals surface area contributed by atoms with Crippen molar-refractivity contribution in [2.24, 2.45) is 81.8 Å². The van der Waals surface area contributed by atoms with Crippen LogP contribution in [0.25, 0.3) is 0 Å². The molecule has 4 aliphatic rings.